The first-order chi connectivity index (χ1) is 18.5. The SMILES string of the molecule is CCOP(=O)(OCC)C(F)(F)c1ccc2sc(C(=O)N[C@H]3C[C@@H]4C[C@@H]4C[C@H]4CC[C@@H](C(=O)O)N4C3=O)cc2c1. The van der Waals surface area contributed by atoms with Crippen molar-refractivity contribution >= 4 is 46.8 Å². The zero-order chi connectivity index (χ0) is 28.1. The molecular weight excluding hydrogens is 553 g/mol. The third-order valence-electron chi connectivity index (χ3n) is 7.86. The molecule has 3 aliphatic rings. The lowest BCUT2D eigenvalue weighted by molar-refractivity contribution is -0.151. The van der Waals surface area contributed by atoms with E-state index in [-0.39, 0.29) is 30.0 Å². The van der Waals surface area contributed by atoms with Crippen molar-refractivity contribution in [2.45, 2.75) is 69.7 Å². The number of carbonyl (C=O) groups excluding carboxylic acids is 2. The number of halogens is 2. The molecule has 13 heteroatoms. The van der Waals surface area contributed by atoms with E-state index in [4.69, 9.17) is 9.05 Å². The molecule has 2 aromatic rings. The molecule has 2 aliphatic heterocycles. The summed E-state index contributed by atoms with van der Waals surface area (Å²) >= 11 is 1.08. The topological polar surface area (TPSA) is 122 Å². The number of carboxylic acids is 1. The number of thiophene rings is 1. The van der Waals surface area contributed by atoms with Gasteiger partial charge in [0.15, 0.2) is 0 Å². The van der Waals surface area contributed by atoms with Crippen molar-refractivity contribution in [2.24, 2.45) is 11.8 Å². The molecule has 1 aliphatic carbocycles. The Morgan fingerprint density at radius 3 is 2.49 bits per heavy atom. The Kier molecular flexibility index (Phi) is 7.60. The minimum atomic E-state index is -4.79. The zero-order valence-corrected chi connectivity index (χ0v) is 23.3. The molecule has 0 spiro atoms. The fraction of sp³-hybridized carbons (Fsp3) is 0.577. The molecule has 5 rings (SSSR count). The van der Waals surface area contributed by atoms with Gasteiger partial charge in [-0.25, -0.2) is 4.79 Å². The minimum absolute atomic E-state index is 0.137. The van der Waals surface area contributed by atoms with E-state index in [9.17, 15) is 24.1 Å². The Morgan fingerprint density at radius 1 is 1.13 bits per heavy atom. The second-order valence-corrected chi connectivity index (χ2v) is 13.5. The van der Waals surface area contributed by atoms with Gasteiger partial charge in [0.25, 0.3) is 5.91 Å². The Morgan fingerprint density at radius 2 is 1.82 bits per heavy atom. The summed E-state index contributed by atoms with van der Waals surface area (Å²) in [5.74, 6) is -1.22. The van der Waals surface area contributed by atoms with Gasteiger partial charge in [-0.05, 0) is 81.4 Å². The van der Waals surface area contributed by atoms with Gasteiger partial charge in [0.1, 0.15) is 12.1 Å². The van der Waals surface area contributed by atoms with Crippen LogP contribution in [-0.4, -0.2) is 59.1 Å². The van der Waals surface area contributed by atoms with Crippen LogP contribution in [-0.2, 0) is 28.9 Å². The van der Waals surface area contributed by atoms with E-state index in [2.05, 4.69) is 5.32 Å². The summed E-state index contributed by atoms with van der Waals surface area (Å²) < 4.78 is 53.7. The molecule has 0 bridgehead atoms. The van der Waals surface area contributed by atoms with E-state index in [0.717, 1.165) is 36.3 Å². The van der Waals surface area contributed by atoms with Gasteiger partial charge in [-0.2, -0.15) is 8.78 Å². The summed E-state index contributed by atoms with van der Waals surface area (Å²) in [4.78, 5) is 40.2. The average molecular weight is 585 g/mol. The van der Waals surface area contributed by atoms with Crippen molar-refractivity contribution in [1.82, 2.24) is 10.2 Å². The Labute approximate surface area is 228 Å². The van der Waals surface area contributed by atoms with Crippen LogP contribution in [0.2, 0.25) is 0 Å². The molecule has 3 heterocycles. The molecule has 2 N–H and O–H groups in total. The van der Waals surface area contributed by atoms with Crippen LogP contribution in [0.1, 0.15) is 61.2 Å². The molecule has 3 fully saturated rings. The quantitative estimate of drug-likeness (QED) is 0.389. The summed E-state index contributed by atoms with van der Waals surface area (Å²) in [6, 6.07) is 3.28. The molecular formula is C26H31F2N2O7PS. The lowest BCUT2D eigenvalue weighted by Gasteiger charge is -2.34. The van der Waals surface area contributed by atoms with Crippen LogP contribution in [0.4, 0.5) is 8.78 Å². The maximum absolute atomic E-state index is 15.3. The lowest BCUT2D eigenvalue weighted by Crippen LogP contribution is -2.55. The van der Waals surface area contributed by atoms with Crippen molar-refractivity contribution in [3.05, 3.63) is 34.7 Å². The highest BCUT2D eigenvalue weighted by atomic mass is 32.1. The molecule has 2 amide bonds. The largest absolute Gasteiger partial charge is 0.480 e. The molecule has 1 aromatic heterocycles. The van der Waals surface area contributed by atoms with Crippen molar-refractivity contribution in [3.63, 3.8) is 0 Å². The van der Waals surface area contributed by atoms with Crippen LogP contribution in [0, 0.1) is 11.8 Å². The number of carbonyl (C=O) groups is 3. The van der Waals surface area contributed by atoms with Gasteiger partial charge in [-0.15, -0.1) is 11.3 Å². The Hall–Kier alpha value is -2.40. The summed E-state index contributed by atoms with van der Waals surface area (Å²) in [6.07, 6.45) is 3.22. The van der Waals surface area contributed by atoms with Crippen LogP contribution in [0.3, 0.4) is 0 Å². The van der Waals surface area contributed by atoms with Crippen LogP contribution in [0.15, 0.2) is 24.3 Å². The Bertz CT molecular complexity index is 1340. The van der Waals surface area contributed by atoms with Crippen molar-refractivity contribution in [2.75, 3.05) is 13.2 Å². The summed E-state index contributed by atoms with van der Waals surface area (Å²) in [7, 11) is -4.79. The number of hydrogen-bond acceptors (Lipinski definition) is 7. The number of amides is 2. The van der Waals surface area contributed by atoms with Gasteiger partial charge < -0.3 is 24.4 Å². The van der Waals surface area contributed by atoms with Gasteiger partial charge >= 0.3 is 19.2 Å². The van der Waals surface area contributed by atoms with Gasteiger partial charge in [0.2, 0.25) is 5.91 Å². The molecule has 212 valence electrons. The number of aliphatic carboxylic acids is 1. The number of rotatable bonds is 9. The van der Waals surface area contributed by atoms with Gasteiger partial charge in [0.05, 0.1) is 18.1 Å². The molecule has 2 saturated heterocycles. The number of benzene rings is 1. The zero-order valence-electron chi connectivity index (χ0n) is 21.6. The van der Waals surface area contributed by atoms with E-state index < -0.39 is 42.8 Å². The molecule has 39 heavy (non-hydrogen) atoms. The molecule has 5 atom stereocenters. The van der Waals surface area contributed by atoms with Gasteiger partial charge in [-0.3, -0.25) is 14.2 Å². The van der Waals surface area contributed by atoms with E-state index in [0.29, 0.717) is 41.2 Å². The third kappa shape index (κ3) is 5.12. The normalized spacial score (nSPS) is 27.0. The summed E-state index contributed by atoms with van der Waals surface area (Å²) in [5, 5.41) is 12.8. The first kappa shape index (κ1) is 28.1. The van der Waals surface area contributed by atoms with E-state index in [1.54, 1.807) is 0 Å². The standard InChI is InChI=1S/C26H31F2N2O7PS/c1-3-36-38(35,37-4-2)26(27,28)17-5-8-21-16(10-17)13-22(39-21)23(31)29-19-12-15-9-14(15)11-18-6-7-20(25(33)34)30(18)24(19)32/h5,8,10,13-15,18-20H,3-4,6-7,9,11-12H2,1-2H3,(H,29,31)(H,33,34)/t14-,15+,18-,19+,20+/m1/s1. The predicted octanol–water partition coefficient (Wildman–Crippen LogP) is 5.19. The smallest absolute Gasteiger partial charge is 0.404 e. The van der Waals surface area contributed by atoms with Crippen molar-refractivity contribution in [1.29, 1.82) is 0 Å². The number of alkyl halides is 2. The van der Waals surface area contributed by atoms with Gasteiger partial charge in [-0.1, -0.05) is 6.07 Å². The molecule has 1 aromatic carbocycles. The number of fused-ring (bicyclic) bond motifs is 3. The number of carboxylic acid groups (broad SMARTS) is 1. The minimum Gasteiger partial charge on any atom is -0.480 e. The Balaban J connectivity index is 1.38. The van der Waals surface area contributed by atoms with Gasteiger partial charge in [0, 0.05) is 16.3 Å². The molecule has 0 unspecified atom stereocenters. The van der Waals surface area contributed by atoms with Crippen molar-refractivity contribution in [3.8, 4) is 0 Å². The second kappa shape index (κ2) is 10.5. The average Bonchev–Trinajstić information content (AvgIpc) is 3.26. The predicted molar refractivity (Wildman–Crippen MR) is 140 cm³/mol. The highest BCUT2D eigenvalue weighted by molar-refractivity contribution is 7.54. The number of nitrogens with zero attached hydrogens (tertiary/aromatic N) is 1. The first-order valence-electron chi connectivity index (χ1n) is 13.2. The highest BCUT2D eigenvalue weighted by Crippen LogP contribution is 2.67. The summed E-state index contributed by atoms with van der Waals surface area (Å²) in [5.41, 5.74) is -4.46. The number of hydrogen-bond donors (Lipinski definition) is 2. The van der Waals surface area contributed by atoms with Crippen LogP contribution in [0.25, 0.3) is 10.1 Å². The van der Waals surface area contributed by atoms with E-state index in [1.807, 2.05) is 0 Å². The molecule has 0 radical (unpaired) electrons. The van der Waals surface area contributed by atoms with Crippen LogP contribution < -0.4 is 5.32 Å². The second-order valence-electron chi connectivity index (χ2n) is 10.3. The molecule has 1 saturated carbocycles. The third-order valence-corrected chi connectivity index (χ3v) is 11.1. The lowest BCUT2D eigenvalue weighted by atomic mass is 9.99. The fourth-order valence-electron chi connectivity index (χ4n) is 5.90. The highest BCUT2D eigenvalue weighted by Gasteiger charge is 2.55. The van der Waals surface area contributed by atoms with Crippen LogP contribution >= 0.6 is 18.9 Å². The summed E-state index contributed by atoms with van der Waals surface area (Å²) in [6.45, 7) is 2.46. The first-order valence-corrected chi connectivity index (χ1v) is 15.5. The number of nitrogens with one attached hydrogen (secondary N) is 1. The fourth-order valence-corrected chi connectivity index (χ4v) is 8.38. The van der Waals surface area contributed by atoms with Crippen molar-refractivity contribution < 1.29 is 41.9 Å². The van der Waals surface area contributed by atoms with Crippen LogP contribution in [0.5, 0.6) is 0 Å². The monoisotopic (exact) mass is 584 g/mol. The van der Waals surface area contributed by atoms with E-state index >= 15 is 8.78 Å². The maximum atomic E-state index is 15.3. The van der Waals surface area contributed by atoms with E-state index in [1.165, 1.54) is 30.9 Å². The maximum Gasteiger partial charge on any atom is 0.404 e. The molecule has 9 nitrogen and oxygen atoms in total.